The fourth-order valence-corrected chi connectivity index (χ4v) is 4.56. The van der Waals surface area contributed by atoms with Gasteiger partial charge in [0.1, 0.15) is 11.4 Å². The minimum Gasteiger partial charge on any atom is -0.761 e. The number of H-pyrrole nitrogens is 1. The zero-order chi connectivity index (χ0) is 24.5. The van der Waals surface area contributed by atoms with Crippen LogP contribution >= 0.6 is 23.2 Å². The van der Waals surface area contributed by atoms with E-state index in [1.54, 1.807) is 42.0 Å². The summed E-state index contributed by atoms with van der Waals surface area (Å²) < 4.78 is 0. The molecule has 1 aliphatic rings. The molecule has 1 heterocycles. The van der Waals surface area contributed by atoms with Crippen LogP contribution < -0.4 is 11.2 Å². The maximum Gasteiger partial charge on any atom is 0.147 e. The van der Waals surface area contributed by atoms with Gasteiger partial charge in [-0.25, -0.2) is 4.98 Å². The second kappa shape index (κ2) is 9.37. The molecule has 7 nitrogen and oxygen atoms in total. The molecule has 2 aromatic carbocycles. The average Bonchev–Trinajstić information content (AvgIpc) is 3.44. The smallest absolute Gasteiger partial charge is 0.147 e. The molecule has 3 aromatic rings. The van der Waals surface area contributed by atoms with Gasteiger partial charge in [0.2, 0.25) is 0 Å². The van der Waals surface area contributed by atoms with Crippen molar-refractivity contribution in [2.24, 2.45) is 0 Å². The van der Waals surface area contributed by atoms with Crippen molar-refractivity contribution in [1.29, 1.82) is 5.26 Å². The second-order valence-electron chi connectivity index (χ2n) is 7.88. The van der Waals surface area contributed by atoms with E-state index >= 15 is 0 Å². The van der Waals surface area contributed by atoms with Crippen molar-refractivity contribution in [3.8, 4) is 17.3 Å². The fraction of sp³-hybridized carbons (Fsp3) is 0.120. The standard InChI is InChI=1S/C25H20Cl2N5O2/c1-14-19(23(27)21(12-31-34)20-10-17(26)5-2-16(20)11-28)8-9-25(14,33)24-30-13-22(32-24)15-3-6-18(29)7-4-15/h2-7,10,12-13,31,33H,1,8-9,29H2,(H,30,32)/q-1/b21-12-,23-19+. The minimum atomic E-state index is -1.48. The average molecular weight is 493 g/mol. The van der Waals surface area contributed by atoms with Gasteiger partial charge in [-0.05, 0) is 66.1 Å². The number of halogens is 2. The first kappa shape index (κ1) is 23.6. The van der Waals surface area contributed by atoms with E-state index in [1.807, 2.05) is 12.1 Å². The third kappa shape index (κ3) is 4.20. The number of nitrogens with zero attached hydrogens (tertiary/aromatic N) is 2. The number of hydrogen-bond acceptors (Lipinski definition) is 6. The highest BCUT2D eigenvalue weighted by atomic mass is 35.5. The molecule has 9 heteroatoms. The quantitative estimate of drug-likeness (QED) is 0.280. The highest BCUT2D eigenvalue weighted by Gasteiger charge is 2.43. The Kier molecular flexibility index (Phi) is 6.51. The van der Waals surface area contributed by atoms with Crippen LogP contribution in [0, 0.1) is 16.5 Å². The number of benzene rings is 2. The van der Waals surface area contributed by atoms with E-state index in [2.05, 4.69) is 22.6 Å². The van der Waals surface area contributed by atoms with E-state index in [0.717, 1.165) is 11.8 Å². The number of allylic oxidation sites excluding steroid dienone is 2. The van der Waals surface area contributed by atoms with Crippen molar-refractivity contribution in [2.45, 2.75) is 18.4 Å². The predicted molar refractivity (Wildman–Crippen MR) is 134 cm³/mol. The summed E-state index contributed by atoms with van der Waals surface area (Å²) in [5.41, 5.74) is 10.1. The highest BCUT2D eigenvalue weighted by molar-refractivity contribution is 6.38. The number of hydrogen-bond donors (Lipinski definition) is 4. The molecule has 1 unspecified atom stereocenters. The van der Waals surface area contributed by atoms with E-state index < -0.39 is 5.60 Å². The third-order valence-electron chi connectivity index (χ3n) is 5.89. The van der Waals surface area contributed by atoms with Gasteiger partial charge in [-0.1, -0.05) is 41.9 Å². The molecule has 1 fully saturated rings. The maximum absolute atomic E-state index is 11.5. The molecule has 1 aromatic heterocycles. The molecule has 0 amide bonds. The Morgan fingerprint density at radius 2 is 2.06 bits per heavy atom. The molecule has 0 spiro atoms. The van der Waals surface area contributed by atoms with Gasteiger partial charge in [0, 0.05) is 21.8 Å². The molecule has 172 valence electrons. The molecular formula is C25H20Cl2N5O2-. The summed E-state index contributed by atoms with van der Waals surface area (Å²) >= 11 is 12.9. The van der Waals surface area contributed by atoms with Gasteiger partial charge in [-0.3, -0.25) is 0 Å². The second-order valence-corrected chi connectivity index (χ2v) is 8.69. The van der Waals surface area contributed by atoms with Crippen LogP contribution in [0.15, 0.2) is 77.6 Å². The lowest BCUT2D eigenvalue weighted by Gasteiger charge is -2.22. The molecule has 5 N–H and O–H groups in total. The summed E-state index contributed by atoms with van der Waals surface area (Å²) in [5, 5.41) is 32.9. The molecule has 1 saturated carbocycles. The Hall–Kier alpha value is -3.54. The number of aliphatic hydroxyl groups is 1. The Morgan fingerprint density at radius 1 is 1.32 bits per heavy atom. The third-order valence-corrected chi connectivity index (χ3v) is 6.55. The van der Waals surface area contributed by atoms with Crippen molar-refractivity contribution in [2.75, 3.05) is 5.73 Å². The van der Waals surface area contributed by atoms with Crippen LogP contribution in [0.5, 0.6) is 0 Å². The van der Waals surface area contributed by atoms with Crippen LogP contribution in [0.25, 0.3) is 16.8 Å². The molecule has 0 bridgehead atoms. The minimum absolute atomic E-state index is 0.188. The van der Waals surface area contributed by atoms with Gasteiger partial charge >= 0.3 is 0 Å². The number of rotatable bonds is 5. The van der Waals surface area contributed by atoms with E-state index in [0.29, 0.717) is 50.9 Å². The topological polar surface area (TPSA) is 134 Å². The SMILES string of the molecule is C=C1/C(=C(Cl)\C(=C/N[O-])c2cc(Cl)ccc2C#N)CCC1(O)c1ncc(-c2ccc(N)cc2)[nH]1. The lowest BCUT2D eigenvalue weighted by molar-refractivity contribution is 0.0756. The number of anilines is 1. The van der Waals surface area contributed by atoms with Crippen LogP contribution in [-0.4, -0.2) is 15.1 Å². The Bertz CT molecular complexity index is 1370. The van der Waals surface area contributed by atoms with Crippen molar-refractivity contribution in [3.05, 3.63) is 105 Å². The van der Waals surface area contributed by atoms with Crippen molar-refractivity contribution in [3.63, 3.8) is 0 Å². The lowest BCUT2D eigenvalue weighted by Crippen LogP contribution is -2.25. The van der Waals surface area contributed by atoms with E-state index in [1.165, 1.54) is 0 Å². The number of nitrogens with one attached hydrogen (secondary N) is 2. The largest absolute Gasteiger partial charge is 0.761 e. The van der Waals surface area contributed by atoms with Crippen LogP contribution in [0.4, 0.5) is 5.69 Å². The van der Waals surface area contributed by atoms with Gasteiger partial charge in [0.25, 0.3) is 0 Å². The first-order chi connectivity index (χ1) is 16.3. The number of nitrogen functional groups attached to an aromatic ring is 1. The maximum atomic E-state index is 11.5. The molecule has 1 atom stereocenters. The molecule has 4 rings (SSSR count). The normalized spacial score (nSPS) is 19.7. The van der Waals surface area contributed by atoms with E-state index in [9.17, 15) is 15.6 Å². The molecule has 1 aliphatic carbocycles. The van der Waals surface area contributed by atoms with Crippen LogP contribution in [0.3, 0.4) is 0 Å². The Balaban J connectivity index is 1.72. The molecule has 0 aliphatic heterocycles. The highest BCUT2D eigenvalue weighted by Crippen LogP contribution is 2.48. The van der Waals surface area contributed by atoms with E-state index in [4.69, 9.17) is 28.9 Å². The van der Waals surface area contributed by atoms with Crippen LogP contribution in [0.2, 0.25) is 5.02 Å². The Labute approximate surface area is 206 Å². The first-order valence-electron chi connectivity index (χ1n) is 10.3. The molecule has 34 heavy (non-hydrogen) atoms. The van der Waals surface area contributed by atoms with Gasteiger partial charge in [-0.15, -0.1) is 0 Å². The Morgan fingerprint density at radius 3 is 2.74 bits per heavy atom. The first-order valence-corrected chi connectivity index (χ1v) is 11.0. The summed E-state index contributed by atoms with van der Waals surface area (Å²) in [7, 11) is 0. The monoisotopic (exact) mass is 492 g/mol. The van der Waals surface area contributed by atoms with Gasteiger partial charge in [-0.2, -0.15) is 5.26 Å². The number of hydroxylamine groups is 1. The summed E-state index contributed by atoms with van der Waals surface area (Å²) in [6, 6.07) is 14.0. The number of nitrogens with two attached hydrogens (primary N) is 1. The zero-order valence-electron chi connectivity index (χ0n) is 17.9. The predicted octanol–water partition coefficient (Wildman–Crippen LogP) is 5.34. The van der Waals surface area contributed by atoms with Gasteiger partial charge in [0.15, 0.2) is 0 Å². The summed E-state index contributed by atoms with van der Waals surface area (Å²) in [4.78, 5) is 7.56. The van der Waals surface area contributed by atoms with Gasteiger partial charge < -0.3 is 26.5 Å². The molecular weight excluding hydrogens is 473 g/mol. The number of aromatic amines is 1. The zero-order valence-corrected chi connectivity index (χ0v) is 19.4. The van der Waals surface area contributed by atoms with Crippen LogP contribution in [0.1, 0.15) is 29.8 Å². The summed E-state index contributed by atoms with van der Waals surface area (Å²) in [6.07, 6.45) is 3.45. The molecule has 0 saturated heterocycles. The van der Waals surface area contributed by atoms with Crippen molar-refractivity contribution >= 4 is 34.5 Å². The summed E-state index contributed by atoms with van der Waals surface area (Å²) in [5.74, 6) is 0.330. The molecule has 0 radical (unpaired) electrons. The summed E-state index contributed by atoms with van der Waals surface area (Å²) in [6.45, 7) is 4.09. The number of aromatic nitrogens is 2. The fourth-order valence-electron chi connectivity index (χ4n) is 4.02. The lowest BCUT2D eigenvalue weighted by atomic mass is 9.93. The number of imidazole rings is 1. The number of nitriles is 1. The van der Waals surface area contributed by atoms with Crippen LogP contribution in [-0.2, 0) is 5.60 Å². The van der Waals surface area contributed by atoms with Crippen molar-refractivity contribution < 1.29 is 5.11 Å². The van der Waals surface area contributed by atoms with Crippen molar-refractivity contribution in [1.82, 2.24) is 15.4 Å². The van der Waals surface area contributed by atoms with Gasteiger partial charge in [0.05, 0.1) is 28.6 Å². The van der Waals surface area contributed by atoms with E-state index in [-0.39, 0.29) is 17.0 Å².